The Morgan fingerprint density at radius 3 is 2.62 bits per heavy atom. The molecule has 0 spiro atoms. The van der Waals surface area contributed by atoms with Crippen molar-refractivity contribution >= 4 is 5.97 Å². The van der Waals surface area contributed by atoms with E-state index in [1.807, 2.05) is 6.92 Å². The minimum absolute atomic E-state index is 0.0148. The molecule has 0 saturated heterocycles. The van der Waals surface area contributed by atoms with E-state index in [4.69, 9.17) is 9.47 Å². The van der Waals surface area contributed by atoms with E-state index >= 15 is 0 Å². The maximum absolute atomic E-state index is 14.2. The number of methoxy groups -OCH3 is 2. The van der Waals surface area contributed by atoms with Gasteiger partial charge in [0.2, 0.25) is 0 Å². The Hall–Kier alpha value is -1.62. The number of hydrogen-bond acceptors (Lipinski definition) is 4. The third-order valence-electron chi connectivity index (χ3n) is 3.71. The smallest absolute Gasteiger partial charge is 0.311 e. The van der Waals surface area contributed by atoms with Gasteiger partial charge < -0.3 is 14.6 Å². The minimum atomic E-state index is -1.71. The Morgan fingerprint density at radius 1 is 1.43 bits per heavy atom. The molecule has 2 unspecified atom stereocenters. The second kappa shape index (κ2) is 7.41. The van der Waals surface area contributed by atoms with E-state index < -0.39 is 23.3 Å². The Bertz CT molecular complexity index is 485. The first-order valence-corrected chi connectivity index (χ1v) is 7.03. The number of benzene rings is 1. The van der Waals surface area contributed by atoms with Gasteiger partial charge in [0.15, 0.2) is 0 Å². The Labute approximate surface area is 124 Å². The van der Waals surface area contributed by atoms with Gasteiger partial charge in [-0.3, -0.25) is 4.79 Å². The fraction of sp³-hybridized carbons (Fsp3) is 0.562. The minimum Gasteiger partial charge on any atom is -0.496 e. The van der Waals surface area contributed by atoms with Crippen LogP contribution in [0.2, 0.25) is 0 Å². The summed E-state index contributed by atoms with van der Waals surface area (Å²) in [5, 5.41) is 10.8. The molecule has 1 aromatic carbocycles. The highest BCUT2D eigenvalue weighted by Crippen LogP contribution is 2.40. The molecule has 0 aliphatic rings. The quantitative estimate of drug-likeness (QED) is 0.786. The molecule has 0 aromatic heterocycles. The van der Waals surface area contributed by atoms with E-state index in [-0.39, 0.29) is 11.3 Å². The highest BCUT2D eigenvalue weighted by Gasteiger charge is 2.42. The molecule has 0 heterocycles. The van der Waals surface area contributed by atoms with Crippen LogP contribution in [-0.2, 0) is 15.1 Å². The number of ether oxygens (including phenoxy) is 2. The summed E-state index contributed by atoms with van der Waals surface area (Å²) in [6.45, 7) is 3.40. The summed E-state index contributed by atoms with van der Waals surface area (Å²) in [6, 6.07) is 4.29. The molecule has 0 aliphatic heterocycles. The predicted octanol–water partition coefficient (Wildman–Crippen LogP) is 3.02. The predicted molar refractivity (Wildman–Crippen MR) is 77.6 cm³/mol. The molecule has 5 heteroatoms. The molecule has 4 nitrogen and oxygen atoms in total. The van der Waals surface area contributed by atoms with Gasteiger partial charge in [-0.05, 0) is 25.5 Å². The molecule has 0 saturated carbocycles. The second-order valence-corrected chi connectivity index (χ2v) is 5.18. The van der Waals surface area contributed by atoms with Crippen LogP contribution in [0.25, 0.3) is 0 Å². The Kier molecular flexibility index (Phi) is 6.15. The molecule has 118 valence electrons. The zero-order valence-electron chi connectivity index (χ0n) is 13.0. The summed E-state index contributed by atoms with van der Waals surface area (Å²) in [7, 11) is 2.66. The molecule has 1 rings (SSSR count). The van der Waals surface area contributed by atoms with Crippen LogP contribution in [0.15, 0.2) is 18.2 Å². The maximum Gasteiger partial charge on any atom is 0.311 e. The van der Waals surface area contributed by atoms with E-state index in [2.05, 4.69) is 0 Å². The summed E-state index contributed by atoms with van der Waals surface area (Å²) in [6.07, 6.45) is 2.00. The topological polar surface area (TPSA) is 55.8 Å². The highest BCUT2D eigenvalue weighted by molar-refractivity contribution is 5.74. The number of rotatable bonds is 7. The standard InChI is InChI=1S/C16H23FO4/c1-5-6-8-11(15(18)21-4)16(2,19)14-12(17)9-7-10-13(14)20-3/h7,9-11,19H,5-6,8H2,1-4H3. The van der Waals surface area contributed by atoms with Gasteiger partial charge in [0.05, 0.1) is 25.7 Å². The summed E-state index contributed by atoms with van der Waals surface area (Å²) >= 11 is 0. The van der Waals surface area contributed by atoms with Gasteiger partial charge in [-0.25, -0.2) is 4.39 Å². The number of halogens is 1. The first-order chi connectivity index (χ1) is 9.89. The average molecular weight is 298 g/mol. The zero-order valence-corrected chi connectivity index (χ0v) is 13.0. The first kappa shape index (κ1) is 17.4. The average Bonchev–Trinajstić information content (AvgIpc) is 2.46. The number of carbonyl (C=O) groups is 1. The summed E-state index contributed by atoms with van der Waals surface area (Å²) in [5.74, 6) is -1.80. The number of esters is 1. The fourth-order valence-electron chi connectivity index (χ4n) is 2.52. The van der Waals surface area contributed by atoms with Crippen LogP contribution in [0.4, 0.5) is 4.39 Å². The third kappa shape index (κ3) is 3.73. The van der Waals surface area contributed by atoms with Crippen molar-refractivity contribution in [3.63, 3.8) is 0 Å². The summed E-state index contributed by atoms with van der Waals surface area (Å²) in [5.41, 5.74) is -1.72. The van der Waals surface area contributed by atoms with Crippen molar-refractivity contribution in [3.05, 3.63) is 29.6 Å². The van der Waals surface area contributed by atoms with Crippen molar-refractivity contribution in [1.29, 1.82) is 0 Å². The van der Waals surface area contributed by atoms with Crippen molar-refractivity contribution in [1.82, 2.24) is 0 Å². The molecule has 0 amide bonds. The van der Waals surface area contributed by atoms with Crippen molar-refractivity contribution < 1.29 is 23.8 Å². The lowest BCUT2D eigenvalue weighted by atomic mass is 9.79. The Balaban J connectivity index is 3.30. The van der Waals surface area contributed by atoms with Crippen LogP contribution in [0, 0.1) is 11.7 Å². The zero-order chi connectivity index (χ0) is 16.0. The summed E-state index contributed by atoms with van der Waals surface area (Å²) in [4.78, 5) is 12.0. The largest absolute Gasteiger partial charge is 0.496 e. The number of carbonyl (C=O) groups excluding carboxylic acids is 1. The van der Waals surface area contributed by atoms with E-state index in [1.54, 1.807) is 6.07 Å². The first-order valence-electron chi connectivity index (χ1n) is 7.03. The Morgan fingerprint density at radius 2 is 2.10 bits per heavy atom. The highest BCUT2D eigenvalue weighted by atomic mass is 19.1. The van der Waals surface area contributed by atoms with Gasteiger partial charge in [0.1, 0.15) is 17.2 Å². The van der Waals surface area contributed by atoms with Crippen molar-refractivity contribution in [2.45, 2.75) is 38.7 Å². The van der Waals surface area contributed by atoms with Crippen molar-refractivity contribution in [3.8, 4) is 5.75 Å². The SMILES string of the molecule is CCCCC(C(=O)OC)C(C)(O)c1c(F)cccc1OC. The van der Waals surface area contributed by atoms with E-state index in [1.165, 1.54) is 33.3 Å². The second-order valence-electron chi connectivity index (χ2n) is 5.18. The van der Waals surface area contributed by atoms with Crippen molar-refractivity contribution in [2.75, 3.05) is 14.2 Å². The van der Waals surface area contributed by atoms with Crippen molar-refractivity contribution in [2.24, 2.45) is 5.92 Å². The summed E-state index contributed by atoms with van der Waals surface area (Å²) < 4.78 is 24.1. The number of hydrogen-bond donors (Lipinski definition) is 1. The van der Waals surface area contributed by atoms with Crippen LogP contribution in [-0.4, -0.2) is 25.3 Å². The van der Waals surface area contributed by atoms with Crippen LogP contribution in [0.5, 0.6) is 5.75 Å². The number of unbranched alkanes of at least 4 members (excludes halogenated alkanes) is 1. The monoisotopic (exact) mass is 298 g/mol. The van der Waals surface area contributed by atoms with Gasteiger partial charge >= 0.3 is 5.97 Å². The molecule has 0 bridgehead atoms. The molecule has 21 heavy (non-hydrogen) atoms. The van der Waals surface area contributed by atoms with Crippen LogP contribution >= 0.6 is 0 Å². The molecule has 0 fully saturated rings. The van der Waals surface area contributed by atoms with Gasteiger partial charge in [0.25, 0.3) is 0 Å². The molecule has 1 aromatic rings. The molecule has 0 radical (unpaired) electrons. The van der Waals surface area contributed by atoms with Gasteiger partial charge in [-0.2, -0.15) is 0 Å². The maximum atomic E-state index is 14.2. The molecular formula is C16H23FO4. The van der Waals surface area contributed by atoms with Gasteiger partial charge in [0, 0.05) is 0 Å². The van der Waals surface area contributed by atoms with Crippen LogP contribution in [0.3, 0.4) is 0 Å². The fourth-order valence-corrected chi connectivity index (χ4v) is 2.52. The van der Waals surface area contributed by atoms with E-state index in [0.717, 1.165) is 12.8 Å². The molecule has 1 N–H and O–H groups in total. The lowest BCUT2D eigenvalue weighted by Gasteiger charge is -2.32. The molecule has 2 atom stereocenters. The van der Waals surface area contributed by atoms with E-state index in [9.17, 15) is 14.3 Å². The van der Waals surface area contributed by atoms with Gasteiger partial charge in [-0.1, -0.05) is 25.8 Å². The van der Waals surface area contributed by atoms with E-state index in [0.29, 0.717) is 6.42 Å². The molecular weight excluding hydrogens is 275 g/mol. The third-order valence-corrected chi connectivity index (χ3v) is 3.71. The molecule has 0 aliphatic carbocycles. The normalized spacial score (nSPS) is 15.1. The van der Waals surface area contributed by atoms with Gasteiger partial charge in [-0.15, -0.1) is 0 Å². The lowest BCUT2D eigenvalue weighted by Crippen LogP contribution is -2.39. The lowest BCUT2D eigenvalue weighted by molar-refractivity contribution is -0.156. The number of aliphatic hydroxyl groups is 1. The van der Waals surface area contributed by atoms with Crippen LogP contribution in [0.1, 0.15) is 38.7 Å². The van der Waals surface area contributed by atoms with Crippen LogP contribution < -0.4 is 4.74 Å².